The molecule has 1 atom stereocenters. The van der Waals surface area contributed by atoms with Crippen molar-refractivity contribution in [3.05, 3.63) is 46.7 Å². The topological polar surface area (TPSA) is 67.9 Å². The fourth-order valence-electron chi connectivity index (χ4n) is 3.15. The first-order chi connectivity index (χ1) is 13.2. The fraction of sp³-hybridized carbons (Fsp3) is 0.400. The molecule has 1 fully saturated rings. The molecular weight excluding hydrogens is 364 g/mol. The third-order valence-corrected chi connectivity index (χ3v) is 5.37. The fourth-order valence-corrected chi connectivity index (χ4v) is 3.85. The van der Waals surface area contributed by atoms with Crippen LogP contribution in [-0.2, 0) is 16.0 Å². The van der Waals surface area contributed by atoms with Gasteiger partial charge in [-0.2, -0.15) is 0 Å². The van der Waals surface area contributed by atoms with E-state index >= 15 is 0 Å². The lowest BCUT2D eigenvalue weighted by molar-refractivity contribution is -0.137. The quantitative estimate of drug-likeness (QED) is 0.706. The van der Waals surface area contributed by atoms with Gasteiger partial charge in [-0.05, 0) is 36.4 Å². The summed E-state index contributed by atoms with van der Waals surface area (Å²) < 4.78 is 10.8. The van der Waals surface area contributed by atoms with Crippen LogP contribution in [0.2, 0.25) is 0 Å². The van der Waals surface area contributed by atoms with Crippen molar-refractivity contribution in [1.29, 1.82) is 0 Å². The van der Waals surface area contributed by atoms with Crippen molar-refractivity contribution in [2.24, 2.45) is 0 Å². The zero-order valence-electron chi connectivity index (χ0n) is 15.3. The van der Waals surface area contributed by atoms with Gasteiger partial charge in [0.15, 0.2) is 0 Å². The smallest absolute Gasteiger partial charge is 0.242 e. The lowest BCUT2D eigenvalue weighted by Gasteiger charge is -2.24. The highest BCUT2D eigenvalue weighted by molar-refractivity contribution is 7.10. The van der Waals surface area contributed by atoms with Gasteiger partial charge in [-0.25, -0.2) is 0 Å². The second kappa shape index (κ2) is 9.41. The Morgan fingerprint density at radius 3 is 2.89 bits per heavy atom. The lowest BCUT2D eigenvalue weighted by Crippen LogP contribution is -2.47. The molecule has 1 aliphatic rings. The monoisotopic (exact) mass is 388 g/mol. The normalized spacial score (nSPS) is 16.2. The molecule has 0 radical (unpaired) electrons. The van der Waals surface area contributed by atoms with E-state index in [1.807, 2.05) is 35.7 Å². The number of hydrogen-bond donors (Lipinski definition) is 1. The molecule has 3 rings (SSSR count). The first-order valence-corrected chi connectivity index (χ1v) is 9.92. The third-order valence-electron chi connectivity index (χ3n) is 4.49. The van der Waals surface area contributed by atoms with Crippen LogP contribution in [0.5, 0.6) is 11.5 Å². The first kappa shape index (κ1) is 19.2. The number of thiophene rings is 1. The molecule has 2 aromatic rings. The number of carbonyl (C=O) groups is 2. The molecule has 6 nitrogen and oxygen atoms in total. The van der Waals surface area contributed by atoms with E-state index in [1.165, 1.54) is 0 Å². The lowest BCUT2D eigenvalue weighted by atomic mass is 10.2. The molecular formula is C20H24N2O4S. The molecule has 2 heterocycles. The summed E-state index contributed by atoms with van der Waals surface area (Å²) in [5.74, 6) is 1.32. The van der Waals surface area contributed by atoms with Gasteiger partial charge in [0.25, 0.3) is 0 Å². The van der Waals surface area contributed by atoms with E-state index in [0.29, 0.717) is 38.3 Å². The summed E-state index contributed by atoms with van der Waals surface area (Å²) in [5, 5.41) is 4.84. The second-order valence-electron chi connectivity index (χ2n) is 6.32. The Bertz CT molecular complexity index is 763. The molecule has 1 N–H and O–H groups in total. The molecule has 27 heavy (non-hydrogen) atoms. The van der Waals surface area contributed by atoms with Crippen LogP contribution in [0.15, 0.2) is 41.8 Å². The van der Waals surface area contributed by atoms with Crippen LogP contribution in [0, 0.1) is 0 Å². The predicted octanol–water partition coefficient (Wildman–Crippen LogP) is 2.49. The van der Waals surface area contributed by atoms with E-state index in [9.17, 15) is 9.59 Å². The highest BCUT2D eigenvalue weighted by Crippen LogP contribution is 2.21. The van der Waals surface area contributed by atoms with Crippen molar-refractivity contribution < 1.29 is 19.1 Å². The molecule has 144 valence electrons. The molecule has 1 unspecified atom stereocenters. The molecule has 7 heteroatoms. The highest BCUT2D eigenvalue weighted by Gasteiger charge is 2.33. The van der Waals surface area contributed by atoms with E-state index in [-0.39, 0.29) is 17.9 Å². The standard InChI is InChI=1S/C20H24N2O4S/c1-25-15-5-2-6-16(13-15)26-11-9-21-20(24)18-8-3-10-22(18)19(23)14-17-7-4-12-27-17/h2,4-7,12-13,18H,3,8-11,14H2,1H3,(H,21,24). The van der Waals surface area contributed by atoms with Gasteiger partial charge in [0.2, 0.25) is 11.8 Å². The maximum atomic E-state index is 12.5. The number of amides is 2. The summed E-state index contributed by atoms with van der Waals surface area (Å²) in [6, 6.07) is 10.8. The van der Waals surface area contributed by atoms with E-state index in [1.54, 1.807) is 29.4 Å². The van der Waals surface area contributed by atoms with Gasteiger partial charge in [0.1, 0.15) is 24.1 Å². The largest absolute Gasteiger partial charge is 0.497 e. The zero-order valence-corrected chi connectivity index (χ0v) is 16.2. The van der Waals surface area contributed by atoms with Crippen molar-refractivity contribution in [3.63, 3.8) is 0 Å². The van der Waals surface area contributed by atoms with Crippen LogP contribution in [0.25, 0.3) is 0 Å². The van der Waals surface area contributed by atoms with Gasteiger partial charge in [0.05, 0.1) is 20.1 Å². The van der Waals surface area contributed by atoms with Crippen LogP contribution < -0.4 is 14.8 Å². The van der Waals surface area contributed by atoms with Crippen LogP contribution in [0.4, 0.5) is 0 Å². The van der Waals surface area contributed by atoms with Gasteiger partial charge in [-0.1, -0.05) is 12.1 Å². The van der Waals surface area contributed by atoms with Crippen molar-refractivity contribution in [2.75, 3.05) is 26.8 Å². The summed E-state index contributed by atoms with van der Waals surface area (Å²) >= 11 is 1.56. The maximum Gasteiger partial charge on any atom is 0.242 e. The first-order valence-electron chi connectivity index (χ1n) is 9.04. The van der Waals surface area contributed by atoms with Crippen LogP contribution in [-0.4, -0.2) is 49.6 Å². The van der Waals surface area contributed by atoms with Crippen LogP contribution in [0.1, 0.15) is 17.7 Å². The van der Waals surface area contributed by atoms with E-state index in [0.717, 1.165) is 17.0 Å². The van der Waals surface area contributed by atoms with E-state index < -0.39 is 0 Å². The number of hydrogen-bond acceptors (Lipinski definition) is 5. The van der Waals surface area contributed by atoms with Gasteiger partial charge in [-0.3, -0.25) is 9.59 Å². The Morgan fingerprint density at radius 1 is 1.26 bits per heavy atom. The Morgan fingerprint density at radius 2 is 2.11 bits per heavy atom. The van der Waals surface area contributed by atoms with Crippen molar-refractivity contribution in [2.45, 2.75) is 25.3 Å². The molecule has 0 bridgehead atoms. The summed E-state index contributed by atoms with van der Waals surface area (Å²) in [6.07, 6.45) is 1.92. The van der Waals surface area contributed by atoms with E-state index in [2.05, 4.69) is 5.32 Å². The number of nitrogens with zero attached hydrogens (tertiary/aromatic N) is 1. The van der Waals surface area contributed by atoms with E-state index in [4.69, 9.17) is 9.47 Å². The summed E-state index contributed by atoms with van der Waals surface area (Å²) in [5.41, 5.74) is 0. The Kier molecular flexibility index (Phi) is 6.70. The predicted molar refractivity (Wildman–Crippen MR) is 104 cm³/mol. The number of benzene rings is 1. The van der Waals surface area contributed by atoms with Crippen LogP contribution >= 0.6 is 11.3 Å². The third kappa shape index (κ3) is 5.23. The molecule has 0 saturated carbocycles. The molecule has 0 aliphatic carbocycles. The number of carbonyl (C=O) groups excluding carboxylic acids is 2. The van der Waals surface area contributed by atoms with Gasteiger partial charge < -0.3 is 19.7 Å². The number of ether oxygens (including phenoxy) is 2. The molecule has 2 amide bonds. The molecule has 0 spiro atoms. The van der Waals surface area contributed by atoms with Crippen LogP contribution in [0.3, 0.4) is 0 Å². The minimum atomic E-state index is -0.380. The summed E-state index contributed by atoms with van der Waals surface area (Å²) in [6.45, 7) is 1.39. The van der Waals surface area contributed by atoms with Gasteiger partial charge >= 0.3 is 0 Å². The SMILES string of the molecule is COc1cccc(OCCNC(=O)C2CCCN2C(=O)Cc2cccs2)c1. The average molecular weight is 388 g/mol. The minimum Gasteiger partial charge on any atom is -0.497 e. The summed E-state index contributed by atoms with van der Waals surface area (Å²) in [4.78, 5) is 27.7. The molecule has 1 aromatic carbocycles. The molecule has 1 aromatic heterocycles. The molecule has 1 saturated heterocycles. The zero-order chi connectivity index (χ0) is 19.1. The van der Waals surface area contributed by atoms with Crippen molar-refractivity contribution >= 4 is 23.2 Å². The van der Waals surface area contributed by atoms with Gasteiger partial charge in [-0.15, -0.1) is 11.3 Å². The number of nitrogens with one attached hydrogen (secondary N) is 1. The Balaban J connectivity index is 1.44. The summed E-state index contributed by atoms with van der Waals surface area (Å²) in [7, 11) is 1.60. The van der Waals surface area contributed by atoms with Crippen molar-refractivity contribution in [3.8, 4) is 11.5 Å². The Labute approximate surface area is 163 Å². The average Bonchev–Trinajstić information content (AvgIpc) is 3.37. The number of methoxy groups -OCH3 is 1. The Hall–Kier alpha value is -2.54. The number of rotatable bonds is 8. The maximum absolute atomic E-state index is 12.5. The number of likely N-dealkylation sites (tertiary alicyclic amines) is 1. The minimum absolute atomic E-state index is 0.0164. The molecule has 1 aliphatic heterocycles. The van der Waals surface area contributed by atoms with Crippen molar-refractivity contribution in [1.82, 2.24) is 10.2 Å². The van der Waals surface area contributed by atoms with Gasteiger partial charge in [0, 0.05) is 17.5 Å². The highest BCUT2D eigenvalue weighted by atomic mass is 32.1. The second-order valence-corrected chi connectivity index (χ2v) is 7.35.